The Morgan fingerprint density at radius 2 is 0.659 bits per heavy atom. The maximum Gasteiger partial charge on any atom is 0.262 e. The molecule has 20 nitrogen and oxygen atoms in total. The maximum atomic E-state index is 13.7. The Balaban J connectivity index is 0.000000248. The van der Waals surface area contributed by atoms with E-state index in [9.17, 15) is 39.6 Å². The second-order valence-electron chi connectivity index (χ2n) is 17.7. The maximum absolute atomic E-state index is 13.7. The number of benzene rings is 2. The van der Waals surface area contributed by atoms with Crippen LogP contribution < -0.4 is 51.9 Å². The molecule has 24 heteroatoms. The van der Waals surface area contributed by atoms with Gasteiger partial charge in [0.25, 0.3) is 22.2 Å². The molecule has 436 valence electrons. The standard InChI is InChI=1S/2C24H30N4O5S2.2C5H5N/c2*1-6-25-19(29)17(20(30)26(7-2)23(25)34)16(14-12-10-11-13-15(14)33-5)18-21(31)27(8-3)24(35)28(9-4)22(18)32;2*1-2-4-6-5-3-1/h2*10-13,16,29,31H,6-9H2,1-5H3;2*1-5H. The van der Waals surface area contributed by atoms with Crippen LogP contribution in [0.1, 0.15) is 101 Å². The molecule has 6 aromatic heterocycles. The van der Waals surface area contributed by atoms with Gasteiger partial charge in [0, 0.05) is 98.9 Å². The van der Waals surface area contributed by atoms with Crippen LogP contribution in [0.15, 0.2) is 129 Å². The molecule has 0 aliphatic carbocycles. The fraction of sp³-hybridized carbons (Fsp3) is 0.345. The lowest BCUT2D eigenvalue weighted by molar-refractivity contribution is -0.378. The fourth-order valence-electron chi connectivity index (χ4n) is 9.47. The summed E-state index contributed by atoms with van der Waals surface area (Å²) in [6.45, 7) is 16.1. The lowest BCUT2D eigenvalue weighted by Gasteiger charge is -2.29. The number of H-pyrrole nitrogens is 2. The highest BCUT2D eigenvalue weighted by atomic mass is 32.1. The summed E-state index contributed by atoms with van der Waals surface area (Å²) in [4.78, 5) is 60.7. The second kappa shape index (κ2) is 30.1. The Bertz CT molecular complexity index is 3510. The molecule has 8 rings (SSSR count). The molecular weight excluding hydrogens is 1120 g/mol. The number of methoxy groups -OCH3 is 2. The van der Waals surface area contributed by atoms with E-state index in [0.29, 0.717) is 22.6 Å². The van der Waals surface area contributed by atoms with Crippen molar-refractivity contribution in [3.63, 3.8) is 0 Å². The van der Waals surface area contributed by atoms with E-state index in [1.807, 2.05) is 61.2 Å². The van der Waals surface area contributed by atoms with E-state index >= 15 is 0 Å². The molecule has 2 aromatic carbocycles. The van der Waals surface area contributed by atoms with E-state index < -0.39 is 57.6 Å². The Hall–Kier alpha value is -8.06. The first kappa shape index (κ1) is 64.8. The first-order valence-electron chi connectivity index (χ1n) is 26.7. The number of hydrogen-bond acceptors (Lipinski definition) is 14. The molecule has 0 bridgehead atoms. The third-order valence-corrected chi connectivity index (χ3v) is 15.3. The van der Waals surface area contributed by atoms with Crippen LogP contribution in [0.25, 0.3) is 0 Å². The van der Waals surface area contributed by atoms with Gasteiger partial charge in [-0.2, -0.15) is 0 Å². The van der Waals surface area contributed by atoms with Crippen LogP contribution in [0.4, 0.5) is 0 Å². The zero-order chi connectivity index (χ0) is 60.5. The lowest BCUT2D eigenvalue weighted by atomic mass is 9.86. The Kier molecular flexibility index (Phi) is 23.8. The van der Waals surface area contributed by atoms with Crippen molar-refractivity contribution in [3.05, 3.63) is 204 Å². The third-order valence-electron chi connectivity index (χ3n) is 13.5. The minimum absolute atomic E-state index is 0.104. The van der Waals surface area contributed by atoms with Crippen LogP contribution in [0.2, 0.25) is 0 Å². The van der Waals surface area contributed by atoms with Crippen molar-refractivity contribution in [1.29, 1.82) is 0 Å². The highest BCUT2D eigenvalue weighted by Crippen LogP contribution is 2.42. The zero-order valence-electron chi connectivity index (χ0n) is 47.6. The first-order chi connectivity index (χ1) is 39.4. The van der Waals surface area contributed by atoms with Crippen LogP contribution in [0.5, 0.6) is 35.0 Å². The minimum Gasteiger partial charge on any atom is -0.860 e. The number of nitrogens with zero attached hydrogens (tertiary/aromatic N) is 8. The largest absolute Gasteiger partial charge is 0.860 e. The number of hydrogen-bond donors (Lipinski definition) is 2. The molecule has 0 unspecified atom stereocenters. The van der Waals surface area contributed by atoms with Gasteiger partial charge < -0.3 is 39.0 Å². The normalized spacial score (nSPS) is 11.4. The number of aromatic amines is 2. The number of ether oxygens (including phenoxy) is 2. The number of nitrogens with one attached hydrogen (secondary N) is 2. The average Bonchev–Trinajstić information content (AvgIpc) is 3.58. The van der Waals surface area contributed by atoms with E-state index in [1.54, 1.807) is 104 Å². The highest BCUT2D eigenvalue weighted by Gasteiger charge is 2.35. The molecule has 0 saturated heterocycles. The second-order valence-corrected chi connectivity index (χ2v) is 19.2. The smallest absolute Gasteiger partial charge is 0.262 e. The molecule has 6 heterocycles. The average molecular weight is 1200 g/mol. The van der Waals surface area contributed by atoms with Gasteiger partial charge in [-0.05, 0) is 128 Å². The van der Waals surface area contributed by atoms with E-state index in [2.05, 4.69) is 9.97 Å². The van der Waals surface area contributed by atoms with Gasteiger partial charge in [0.05, 0.1) is 37.2 Å². The molecular formula is C58H70N10O10S4. The first-order valence-corrected chi connectivity index (χ1v) is 28.3. The summed E-state index contributed by atoms with van der Waals surface area (Å²) in [5.41, 5.74) is -2.24. The lowest BCUT2D eigenvalue weighted by Crippen LogP contribution is -2.36. The number of rotatable bonds is 16. The fourth-order valence-corrected chi connectivity index (χ4v) is 11.2. The predicted octanol–water partition coefficient (Wildman–Crippen LogP) is 7.24. The van der Waals surface area contributed by atoms with Gasteiger partial charge in [0.15, 0.2) is 43.9 Å². The van der Waals surface area contributed by atoms with Gasteiger partial charge in [0.2, 0.25) is 11.8 Å². The number of para-hydroxylation sites is 2. The molecule has 82 heavy (non-hydrogen) atoms. The van der Waals surface area contributed by atoms with Gasteiger partial charge in [0.1, 0.15) is 11.5 Å². The Morgan fingerprint density at radius 1 is 0.402 bits per heavy atom. The van der Waals surface area contributed by atoms with Crippen LogP contribution in [0, 0.1) is 19.1 Å². The van der Waals surface area contributed by atoms with Crippen molar-refractivity contribution in [3.8, 4) is 35.0 Å². The molecule has 0 fully saturated rings. The van der Waals surface area contributed by atoms with Gasteiger partial charge in [-0.15, -0.1) is 0 Å². The quantitative estimate of drug-likeness (QED) is 0.0907. The van der Waals surface area contributed by atoms with Crippen LogP contribution in [-0.4, -0.2) is 61.0 Å². The molecule has 4 N–H and O–H groups in total. The van der Waals surface area contributed by atoms with E-state index in [0.717, 1.165) is 0 Å². The summed E-state index contributed by atoms with van der Waals surface area (Å²) in [6.07, 6.45) is 7.50. The van der Waals surface area contributed by atoms with Crippen molar-refractivity contribution in [1.82, 2.24) is 36.5 Å². The van der Waals surface area contributed by atoms with Crippen molar-refractivity contribution in [2.75, 3.05) is 14.2 Å². The molecule has 0 radical (unpaired) electrons. The minimum atomic E-state index is -1.23. The molecule has 8 aromatic rings. The zero-order valence-corrected chi connectivity index (χ0v) is 50.8. The molecule has 0 amide bonds. The summed E-state index contributed by atoms with van der Waals surface area (Å²) < 4.78 is 22.4. The van der Waals surface area contributed by atoms with Crippen molar-refractivity contribution >= 4 is 48.9 Å². The number of pyridine rings is 2. The Morgan fingerprint density at radius 3 is 0.890 bits per heavy atom. The van der Waals surface area contributed by atoms with E-state index in [4.69, 9.17) is 58.3 Å². The third kappa shape index (κ3) is 13.1. The number of aromatic hydroxyl groups is 2. The summed E-state index contributed by atoms with van der Waals surface area (Å²) in [5.74, 6) is -3.75. The topological polar surface area (TPSA) is 241 Å². The Labute approximate surface area is 495 Å². The summed E-state index contributed by atoms with van der Waals surface area (Å²) in [6, 6.07) is 25.3. The monoisotopic (exact) mass is 1190 g/mol. The van der Waals surface area contributed by atoms with Gasteiger partial charge in [-0.25, -0.2) is 9.97 Å². The predicted molar refractivity (Wildman–Crippen MR) is 320 cm³/mol. The van der Waals surface area contributed by atoms with Gasteiger partial charge in [-0.3, -0.25) is 46.6 Å². The molecule has 0 aliphatic heterocycles. The van der Waals surface area contributed by atoms with Crippen molar-refractivity contribution in [2.24, 2.45) is 0 Å². The van der Waals surface area contributed by atoms with Crippen molar-refractivity contribution in [2.45, 2.75) is 120 Å². The summed E-state index contributed by atoms with van der Waals surface area (Å²) >= 11 is 21.7. The van der Waals surface area contributed by atoms with E-state index in [-0.39, 0.29) is 93.7 Å². The molecule has 2 atom stereocenters. The SMILES string of the molecule is CCn1c([O-])c([C@@H](c2ccccc2OC)c2c(O)n(CC)c(=S)n(CC)c2=O)c(=O)n(CC)c1=S.CCn1c([O-])c([C@H](c2ccccc2OC)c2c(O)n(CC)c(=S)n(CC)c2=O)c(=O)n(CC)c1=S.c1cc[nH+]cc1.c1cc[nH+]cc1. The highest BCUT2D eigenvalue weighted by molar-refractivity contribution is 7.71. The van der Waals surface area contributed by atoms with Crippen LogP contribution in [0.3, 0.4) is 0 Å². The molecule has 0 saturated carbocycles. The van der Waals surface area contributed by atoms with Gasteiger partial charge in [-0.1, -0.05) is 48.5 Å². The van der Waals surface area contributed by atoms with Crippen LogP contribution in [-0.2, 0) is 52.4 Å². The molecule has 0 aliphatic rings. The molecule has 0 spiro atoms. The summed E-state index contributed by atoms with van der Waals surface area (Å²) in [5, 5.41) is 50.1. The number of aromatic nitrogens is 10. The van der Waals surface area contributed by atoms with Gasteiger partial charge >= 0.3 is 0 Å². The van der Waals surface area contributed by atoms with Crippen LogP contribution >= 0.6 is 48.9 Å². The van der Waals surface area contributed by atoms with E-state index in [1.165, 1.54) is 50.8 Å². The van der Waals surface area contributed by atoms with Crippen molar-refractivity contribution < 1.29 is 39.9 Å². The summed E-state index contributed by atoms with van der Waals surface area (Å²) in [7, 11) is 2.92.